The second-order valence-electron chi connectivity index (χ2n) is 3.03. The maximum absolute atomic E-state index is 11.7. The lowest BCUT2D eigenvalue weighted by molar-refractivity contribution is -0.140. The molecule has 94 valence electrons. The van der Waals surface area contributed by atoms with Crippen molar-refractivity contribution in [2.75, 3.05) is 26.0 Å². The van der Waals surface area contributed by atoms with E-state index in [2.05, 4.69) is 17.0 Å². The fourth-order valence-electron chi connectivity index (χ4n) is 1.02. The Morgan fingerprint density at radius 3 is 2.44 bits per heavy atom. The Balaban J connectivity index is 4.49. The summed E-state index contributed by atoms with van der Waals surface area (Å²) >= 11 is 4.65. The van der Waals surface area contributed by atoms with Gasteiger partial charge in [-0.3, -0.25) is 4.79 Å². The van der Waals surface area contributed by atoms with E-state index >= 15 is 0 Å². The van der Waals surface area contributed by atoms with Crippen molar-refractivity contribution in [3.63, 3.8) is 0 Å². The van der Waals surface area contributed by atoms with Gasteiger partial charge >= 0.3 is 5.97 Å². The standard InChI is InChI=1S/C8H16N2O4S2/c1-3-10(6-7(9)15)16(12,13)5-4-8(11)14-2/h3-6H2,1-2H3,(H2,9,15). The zero-order valence-corrected chi connectivity index (χ0v) is 10.9. The number of hydrogen-bond donors (Lipinski definition) is 1. The molecule has 0 aliphatic heterocycles. The summed E-state index contributed by atoms with van der Waals surface area (Å²) in [5.41, 5.74) is 5.28. The molecule has 0 atom stereocenters. The molecular formula is C8H16N2O4S2. The maximum atomic E-state index is 11.7. The molecule has 8 heteroatoms. The predicted molar refractivity (Wildman–Crippen MR) is 64.5 cm³/mol. The van der Waals surface area contributed by atoms with E-state index in [9.17, 15) is 13.2 Å². The second-order valence-corrected chi connectivity index (χ2v) is 5.65. The van der Waals surface area contributed by atoms with Crippen molar-refractivity contribution in [3.05, 3.63) is 0 Å². The highest BCUT2D eigenvalue weighted by Gasteiger charge is 2.22. The number of thiocarbonyl (C=S) groups is 1. The Kier molecular flexibility index (Phi) is 6.46. The van der Waals surface area contributed by atoms with Crippen LogP contribution in [-0.2, 0) is 19.6 Å². The third-order valence-electron chi connectivity index (χ3n) is 1.87. The van der Waals surface area contributed by atoms with Crippen LogP contribution in [0.2, 0.25) is 0 Å². The van der Waals surface area contributed by atoms with E-state index in [0.717, 1.165) is 4.31 Å². The Bertz CT molecular complexity index is 353. The lowest BCUT2D eigenvalue weighted by atomic mass is 10.5. The second kappa shape index (κ2) is 6.77. The first-order chi connectivity index (χ1) is 7.33. The van der Waals surface area contributed by atoms with Gasteiger partial charge in [-0.1, -0.05) is 19.1 Å². The van der Waals surface area contributed by atoms with Gasteiger partial charge in [0.2, 0.25) is 10.0 Å². The van der Waals surface area contributed by atoms with Gasteiger partial charge in [-0.05, 0) is 0 Å². The van der Waals surface area contributed by atoms with Crippen LogP contribution in [0.1, 0.15) is 13.3 Å². The van der Waals surface area contributed by atoms with Crippen LogP contribution < -0.4 is 5.73 Å². The topological polar surface area (TPSA) is 89.7 Å². The van der Waals surface area contributed by atoms with Crippen LogP contribution in [0, 0.1) is 0 Å². The largest absolute Gasteiger partial charge is 0.469 e. The monoisotopic (exact) mass is 268 g/mol. The van der Waals surface area contributed by atoms with Crippen molar-refractivity contribution < 1.29 is 17.9 Å². The highest BCUT2D eigenvalue weighted by atomic mass is 32.2. The lowest BCUT2D eigenvalue weighted by Gasteiger charge is -2.19. The quantitative estimate of drug-likeness (QED) is 0.494. The van der Waals surface area contributed by atoms with Gasteiger partial charge < -0.3 is 10.5 Å². The number of nitrogens with zero attached hydrogens (tertiary/aromatic N) is 1. The molecule has 0 bridgehead atoms. The molecule has 0 aromatic rings. The number of carbonyl (C=O) groups is 1. The molecule has 0 unspecified atom stereocenters. The molecule has 0 fully saturated rings. The van der Waals surface area contributed by atoms with Crippen molar-refractivity contribution in [2.24, 2.45) is 5.73 Å². The fourth-order valence-corrected chi connectivity index (χ4v) is 2.67. The van der Waals surface area contributed by atoms with Gasteiger partial charge in [0.1, 0.15) is 0 Å². The van der Waals surface area contributed by atoms with Gasteiger partial charge in [0.25, 0.3) is 0 Å². The highest BCUT2D eigenvalue weighted by Crippen LogP contribution is 2.03. The number of rotatable bonds is 7. The molecule has 2 N–H and O–H groups in total. The first-order valence-corrected chi connectivity index (χ1v) is 6.68. The Labute approximate surface area is 101 Å². The molecule has 0 radical (unpaired) electrons. The van der Waals surface area contributed by atoms with Crippen LogP contribution in [0.25, 0.3) is 0 Å². The molecule has 0 aromatic heterocycles. The summed E-state index contributed by atoms with van der Waals surface area (Å²) in [6.45, 7) is 1.93. The number of sulfonamides is 1. The lowest BCUT2D eigenvalue weighted by Crippen LogP contribution is -2.39. The van der Waals surface area contributed by atoms with Crippen LogP contribution in [-0.4, -0.2) is 49.6 Å². The first kappa shape index (κ1) is 15.3. The van der Waals surface area contributed by atoms with Gasteiger partial charge in [-0.25, -0.2) is 8.42 Å². The summed E-state index contributed by atoms with van der Waals surface area (Å²) < 4.78 is 28.9. The summed E-state index contributed by atoms with van der Waals surface area (Å²) in [4.78, 5) is 10.9. The normalized spacial score (nSPS) is 11.4. The molecule has 0 aliphatic carbocycles. The Hall–Kier alpha value is -0.730. The van der Waals surface area contributed by atoms with E-state index in [1.165, 1.54) is 7.11 Å². The number of hydrogen-bond acceptors (Lipinski definition) is 5. The predicted octanol–water partition coefficient (Wildman–Crippen LogP) is -0.513. The minimum atomic E-state index is -3.51. The summed E-state index contributed by atoms with van der Waals surface area (Å²) in [5, 5.41) is 0. The number of carbonyl (C=O) groups excluding carboxylic acids is 1. The van der Waals surface area contributed by atoms with Crippen LogP contribution in [0.5, 0.6) is 0 Å². The fraction of sp³-hybridized carbons (Fsp3) is 0.750. The number of ether oxygens (including phenoxy) is 1. The van der Waals surface area contributed by atoms with Crippen molar-refractivity contribution in [1.82, 2.24) is 4.31 Å². The third kappa shape index (κ3) is 5.38. The van der Waals surface area contributed by atoms with E-state index in [-0.39, 0.29) is 30.3 Å². The molecule has 0 aliphatic rings. The molecule has 0 saturated carbocycles. The highest BCUT2D eigenvalue weighted by molar-refractivity contribution is 7.89. The molecule has 0 saturated heterocycles. The SMILES string of the molecule is CCN(CC(N)=S)S(=O)(=O)CCC(=O)OC. The van der Waals surface area contributed by atoms with E-state index in [1.807, 2.05) is 0 Å². The average molecular weight is 268 g/mol. The maximum Gasteiger partial charge on any atom is 0.306 e. The Morgan fingerprint density at radius 1 is 1.50 bits per heavy atom. The van der Waals surface area contributed by atoms with Crippen LogP contribution in [0.15, 0.2) is 0 Å². The molecule has 6 nitrogen and oxygen atoms in total. The minimum absolute atomic E-state index is 0.00462. The van der Waals surface area contributed by atoms with Gasteiger partial charge in [-0.15, -0.1) is 0 Å². The summed E-state index contributed by atoms with van der Waals surface area (Å²) in [6, 6.07) is 0. The summed E-state index contributed by atoms with van der Waals surface area (Å²) in [7, 11) is -2.30. The van der Waals surface area contributed by atoms with Gasteiger partial charge in [0, 0.05) is 6.54 Å². The molecule has 0 spiro atoms. The zero-order valence-electron chi connectivity index (χ0n) is 9.30. The van der Waals surface area contributed by atoms with E-state index in [0.29, 0.717) is 0 Å². The molecule has 16 heavy (non-hydrogen) atoms. The smallest absolute Gasteiger partial charge is 0.306 e. The van der Waals surface area contributed by atoms with Crippen LogP contribution >= 0.6 is 12.2 Å². The summed E-state index contributed by atoms with van der Waals surface area (Å²) in [6.07, 6.45) is -0.174. The number of esters is 1. The van der Waals surface area contributed by atoms with Crippen molar-refractivity contribution >= 4 is 33.2 Å². The number of likely N-dealkylation sites (N-methyl/N-ethyl adjacent to an activating group) is 1. The first-order valence-electron chi connectivity index (χ1n) is 4.66. The summed E-state index contributed by atoms with van der Waals surface area (Å²) in [5.74, 6) is -0.856. The molecule has 0 heterocycles. The van der Waals surface area contributed by atoms with Crippen molar-refractivity contribution in [3.8, 4) is 0 Å². The van der Waals surface area contributed by atoms with Gasteiger partial charge in [0.05, 0.1) is 30.8 Å². The minimum Gasteiger partial charge on any atom is -0.469 e. The van der Waals surface area contributed by atoms with E-state index in [4.69, 9.17) is 5.73 Å². The van der Waals surface area contributed by atoms with Crippen molar-refractivity contribution in [1.29, 1.82) is 0 Å². The van der Waals surface area contributed by atoms with Gasteiger partial charge in [0.15, 0.2) is 0 Å². The average Bonchev–Trinajstić information content (AvgIpc) is 2.22. The van der Waals surface area contributed by atoms with E-state index in [1.54, 1.807) is 6.92 Å². The molecule has 0 amide bonds. The number of nitrogens with two attached hydrogens (primary N) is 1. The Morgan fingerprint density at radius 2 is 2.06 bits per heavy atom. The zero-order chi connectivity index (χ0) is 12.8. The van der Waals surface area contributed by atoms with Crippen molar-refractivity contribution in [2.45, 2.75) is 13.3 Å². The molecule has 0 aromatic carbocycles. The third-order valence-corrected chi connectivity index (χ3v) is 3.89. The van der Waals surface area contributed by atoms with Gasteiger partial charge in [-0.2, -0.15) is 4.31 Å². The van der Waals surface area contributed by atoms with E-state index < -0.39 is 16.0 Å². The molecule has 0 rings (SSSR count). The van der Waals surface area contributed by atoms with Crippen LogP contribution in [0.3, 0.4) is 0 Å². The molecular weight excluding hydrogens is 252 g/mol. The number of methoxy groups -OCH3 is 1. The van der Waals surface area contributed by atoms with Crippen LogP contribution in [0.4, 0.5) is 0 Å².